The maximum Gasteiger partial charge on any atom is 0.220 e. The summed E-state index contributed by atoms with van der Waals surface area (Å²) in [6.45, 7) is 4.24. The molecule has 0 aromatic heterocycles. The summed E-state index contributed by atoms with van der Waals surface area (Å²) in [6, 6.07) is 6.45. The fourth-order valence-corrected chi connectivity index (χ4v) is 5.02. The summed E-state index contributed by atoms with van der Waals surface area (Å²) in [5.74, 6) is 0.440. The highest BCUT2D eigenvalue weighted by atomic mass is 79.9. The van der Waals surface area contributed by atoms with Crippen molar-refractivity contribution in [3.63, 3.8) is 0 Å². The molecular formula is C22H26BrN3O. The molecule has 0 saturated carbocycles. The van der Waals surface area contributed by atoms with E-state index in [0.717, 1.165) is 54.1 Å². The smallest absolute Gasteiger partial charge is 0.220 e. The fraction of sp³-hybridized carbons (Fsp3) is 0.409. The van der Waals surface area contributed by atoms with Gasteiger partial charge in [0.15, 0.2) is 0 Å². The average molecular weight is 428 g/mol. The number of nitrogens with zero attached hydrogens (tertiary/aromatic N) is 2. The Balaban J connectivity index is 1.83. The van der Waals surface area contributed by atoms with E-state index in [1.807, 2.05) is 7.05 Å². The third-order valence-electron chi connectivity index (χ3n) is 6.08. The van der Waals surface area contributed by atoms with Crippen LogP contribution in [0.15, 0.2) is 64.1 Å². The van der Waals surface area contributed by atoms with Crippen LogP contribution < -0.4 is 5.73 Å². The highest BCUT2D eigenvalue weighted by Crippen LogP contribution is 2.60. The molecule has 2 atom stereocenters. The van der Waals surface area contributed by atoms with Gasteiger partial charge in [0, 0.05) is 22.5 Å². The van der Waals surface area contributed by atoms with Crippen LogP contribution in [-0.4, -0.2) is 18.1 Å². The highest BCUT2D eigenvalue weighted by molar-refractivity contribution is 9.10. The second-order valence-electron chi connectivity index (χ2n) is 7.80. The summed E-state index contributed by atoms with van der Waals surface area (Å²) in [6.07, 6.45) is 14.6. The van der Waals surface area contributed by atoms with Gasteiger partial charge in [-0.15, -0.1) is 0 Å². The zero-order valence-corrected chi connectivity index (χ0v) is 17.3. The maximum atomic E-state index is 6.45. The Kier molecular flexibility index (Phi) is 4.77. The molecule has 5 heteroatoms. The molecular weight excluding hydrogens is 402 g/mol. The fourth-order valence-electron chi connectivity index (χ4n) is 4.66. The first-order valence-corrected chi connectivity index (χ1v) is 10.3. The molecule has 2 unspecified atom stereocenters. The summed E-state index contributed by atoms with van der Waals surface area (Å²) < 4.78 is 1.04. The topological polar surface area (TPSA) is 50.8 Å². The third kappa shape index (κ3) is 3.07. The van der Waals surface area contributed by atoms with E-state index in [-0.39, 0.29) is 5.41 Å². The lowest BCUT2D eigenvalue weighted by Crippen LogP contribution is -2.43. The standard InChI is InChI=1S/C22H26BrN3O/c1-16-8-6-4-3-5-7-12-21(13-11-16)15-17-9-10-18(23)14-19(17)22(21)25-20(24)26(2)27-22/h3-4,6,8-10,14H,1,5,7,11-13,15H2,2H3,(H2,24,25)/b4-3-,8-6-. The lowest BCUT2D eigenvalue weighted by molar-refractivity contribution is -0.225. The van der Waals surface area contributed by atoms with Crippen LogP contribution in [0.1, 0.15) is 43.2 Å². The Morgan fingerprint density at radius 3 is 2.93 bits per heavy atom. The average Bonchev–Trinajstić information content (AvgIpc) is 3.06. The molecule has 0 radical (unpaired) electrons. The molecule has 1 aliphatic heterocycles. The quantitative estimate of drug-likeness (QED) is 0.635. The van der Waals surface area contributed by atoms with Gasteiger partial charge in [0.1, 0.15) is 0 Å². The van der Waals surface area contributed by atoms with Gasteiger partial charge in [0.05, 0.1) is 0 Å². The molecule has 0 fully saturated rings. The van der Waals surface area contributed by atoms with E-state index in [1.165, 1.54) is 5.56 Å². The first-order valence-electron chi connectivity index (χ1n) is 9.54. The number of hydrogen-bond acceptors (Lipinski definition) is 4. The Labute approximate surface area is 169 Å². The number of aliphatic imine (C=N–C) groups is 1. The van der Waals surface area contributed by atoms with Gasteiger partial charge < -0.3 is 5.73 Å². The van der Waals surface area contributed by atoms with Gasteiger partial charge in [0.2, 0.25) is 11.7 Å². The van der Waals surface area contributed by atoms with Crippen molar-refractivity contribution >= 4 is 21.9 Å². The molecule has 4 rings (SSSR count). The zero-order valence-electron chi connectivity index (χ0n) is 15.7. The Hall–Kier alpha value is -1.85. The molecule has 1 aromatic carbocycles. The zero-order chi connectivity index (χ0) is 19.1. The number of nitrogens with two attached hydrogens (primary N) is 1. The first-order chi connectivity index (χ1) is 13.0. The SMILES string of the molecule is C=C1/C=C\C=C/CCCC2(CC1)Cc1ccc(Br)cc1C21N=C(N)N(C)O1. The lowest BCUT2D eigenvalue weighted by Gasteiger charge is -2.41. The minimum Gasteiger partial charge on any atom is -0.368 e. The molecule has 27 heavy (non-hydrogen) atoms. The number of hydrogen-bond donors (Lipinski definition) is 1. The highest BCUT2D eigenvalue weighted by Gasteiger charge is 2.62. The largest absolute Gasteiger partial charge is 0.368 e. The predicted octanol–water partition coefficient (Wildman–Crippen LogP) is 4.97. The molecule has 0 amide bonds. The van der Waals surface area contributed by atoms with Gasteiger partial charge in [-0.05, 0) is 56.2 Å². The van der Waals surface area contributed by atoms with E-state index in [4.69, 9.17) is 15.6 Å². The second-order valence-corrected chi connectivity index (χ2v) is 8.71. The van der Waals surface area contributed by atoms with Crippen molar-refractivity contribution in [3.8, 4) is 0 Å². The van der Waals surface area contributed by atoms with E-state index >= 15 is 0 Å². The van der Waals surface area contributed by atoms with Crippen LogP contribution in [-0.2, 0) is 17.0 Å². The monoisotopic (exact) mass is 427 g/mol. The van der Waals surface area contributed by atoms with Crippen LogP contribution in [0.2, 0.25) is 0 Å². The third-order valence-corrected chi connectivity index (χ3v) is 6.57. The number of fused-ring (bicyclic) bond motifs is 3. The van der Waals surface area contributed by atoms with Gasteiger partial charge >= 0.3 is 0 Å². The van der Waals surface area contributed by atoms with E-state index in [1.54, 1.807) is 5.06 Å². The molecule has 4 nitrogen and oxygen atoms in total. The van der Waals surface area contributed by atoms with Gasteiger partial charge in [-0.25, -0.2) is 14.9 Å². The van der Waals surface area contributed by atoms with Crippen LogP contribution in [0.5, 0.6) is 0 Å². The summed E-state index contributed by atoms with van der Waals surface area (Å²) in [5.41, 5.74) is 8.87. The number of halogens is 1. The summed E-state index contributed by atoms with van der Waals surface area (Å²) in [7, 11) is 1.84. The summed E-state index contributed by atoms with van der Waals surface area (Å²) >= 11 is 3.63. The van der Waals surface area contributed by atoms with Crippen molar-refractivity contribution in [3.05, 3.63) is 70.3 Å². The summed E-state index contributed by atoms with van der Waals surface area (Å²) in [5, 5.41) is 1.62. The van der Waals surface area contributed by atoms with E-state index in [2.05, 4.69) is 65.0 Å². The van der Waals surface area contributed by atoms with Crippen molar-refractivity contribution in [1.82, 2.24) is 5.06 Å². The van der Waals surface area contributed by atoms with Crippen LogP contribution >= 0.6 is 15.9 Å². The van der Waals surface area contributed by atoms with Crippen LogP contribution in [0.25, 0.3) is 0 Å². The van der Waals surface area contributed by atoms with Crippen LogP contribution in [0.4, 0.5) is 0 Å². The van der Waals surface area contributed by atoms with Crippen molar-refractivity contribution in [2.24, 2.45) is 16.1 Å². The molecule has 2 N–H and O–H groups in total. The Morgan fingerprint density at radius 2 is 2.15 bits per heavy atom. The molecule has 0 bridgehead atoms. The molecule has 1 aromatic rings. The van der Waals surface area contributed by atoms with Crippen molar-refractivity contribution < 1.29 is 4.84 Å². The number of benzene rings is 1. The van der Waals surface area contributed by atoms with Gasteiger partial charge in [-0.1, -0.05) is 58.5 Å². The Bertz CT molecular complexity index is 859. The maximum absolute atomic E-state index is 6.45. The van der Waals surface area contributed by atoms with Crippen molar-refractivity contribution in [1.29, 1.82) is 0 Å². The van der Waals surface area contributed by atoms with Crippen molar-refractivity contribution in [2.75, 3.05) is 7.05 Å². The second kappa shape index (κ2) is 6.95. The van der Waals surface area contributed by atoms with Gasteiger partial charge in [-0.3, -0.25) is 0 Å². The number of guanidine groups is 1. The molecule has 2 aliphatic carbocycles. The van der Waals surface area contributed by atoms with E-state index < -0.39 is 5.72 Å². The molecule has 0 saturated heterocycles. The lowest BCUT2D eigenvalue weighted by atomic mass is 9.70. The number of allylic oxidation sites excluding steroid dienone is 5. The predicted molar refractivity (Wildman–Crippen MR) is 113 cm³/mol. The van der Waals surface area contributed by atoms with Crippen LogP contribution in [0.3, 0.4) is 0 Å². The minimum atomic E-state index is -0.757. The normalized spacial score (nSPS) is 33.0. The van der Waals surface area contributed by atoms with Crippen molar-refractivity contribution in [2.45, 2.75) is 44.2 Å². The first kappa shape index (κ1) is 18.5. The molecule has 2 spiro atoms. The molecule has 3 aliphatic rings. The van der Waals surface area contributed by atoms with Gasteiger partial charge in [0.25, 0.3) is 0 Å². The van der Waals surface area contributed by atoms with Crippen LogP contribution in [0, 0.1) is 5.41 Å². The molecule has 142 valence electrons. The Morgan fingerprint density at radius 1 is 1.30 bits per heavy atom. The van der Waals surface area contributed by atoms with E-state index in [0.29, 0.717) is 5.96 Å². The number of rotatable bonds is 0. The van der Waals surface area contributed by atoms with Gasteiger partial charge in [-0.2, -0.15) is 0 Å². The number of hydroxylamine groups is 2. The summed E-state index contributed by atoms with van der Waals surface area (Å²) in [4.78, 5) is 11.4. The minimum absolute atomic E-state index is 0.138. The molecule has 1 heterocycles. The van der Waals surface area contributed by atoms with E-state index in [9.17, 15) is 0 Å².